The van der Waals surface area contributed by atoms with Crippen LogP contribution in [0.25, 0.3) is 0 Å². The summed E-state index contributed by atoms with van der Waals surface area (Å²) in [7, 11) is -1.54. The van der Waals surface area contributed by atoms with Crippen molar-refractivity contribution >= 4 is 45.9 Å². The number of hydrogen-bond donors (Lipinski definition) is 3. The van der Waals surface area contributed by atoms with Crippen LogP contribution in [0.2, 0.25) is 0 Å². The van der Waals surface area contributed by atoms with Gasteiger partial charge in [0.15, 0.2) is 17.3 Å². The molecule has 11 heteroatoms. The van der Waals surface area contributed by atoms with E-state index in [-0.39, 0.29) is 35.6 Å². The van der Waals surface area contributed by atoms with E-state index in [4.69, 9.17) is 5.11 Å². The van der Waals surface area contributed by atoms with Gasteiger partial charge in [0.05, 0.1) is 39.1 Å². The highest BCUT2D eigenvalue weighted by Crippen LogP contribution is 2.32. The van der Waals surface area contributed by atoms with Crippen LogP contribution in [0.1, 0.15) is 126 Å². The molecule has 1 aliphatic heterocycles. The summed E-state index contributed by atoms with van der Waals surface area (Å²) in [5.74, 6) is -2.30. The molecule has 0 fully saturated rings. The minimum Gasteiger partial charge on any atom is -0.481 e. The second kappa shape index (κ2) is 21.0. The number of carbonyl (C=O) groups excluding carboxylic acids is 5. The summed E-state index contributed by atoms with van der Waals surface area (Å²) in [5.41, 5.74) is 1.06. The van der Waals surface area contributed by atoms with Gasteiger partial charge in [-0.05, 0) is 56.0 Å². The number of benzene rings is 2. The maximum Gasteiger partial charge on any atom is 0.305 e. The van der Waals surface area contributed by atoms with E-state index in [2.05, 4.69) is 10.6 Å². The number of rotatable bonds is 15. The molecule has 0 saturated heterocycles. The van der Waals surface area contributed by atoms with Gasteiger partial charge in [-0.2, -0.15) is 0 Å². The van der Waals surface area contributed by atoms with Crippen molar-refractivity contribution in [1.29, 1.82) is 0 Å². The molecule has 3 atom stereocenters. The molecule has 1 heterocycles. The van der Waals surface area contributed by atoms with E-state index in [1.165, 1.54) is 13.0 Å². The molecular formula is C36H50N2O8S. The average molecular weight is 671 g/mol. The monoisotopic (exact) mass is 670 g/mol. The number of fused-ring (bicyclic) bond motifs is 2. The number of carbonyl (C=O) groups is 6. The smallest absolute Gasteiger partial charge is 0.305 e. The molecule has 0 aliphatic carbocycles. The molecule has 2 amide bonds. The molecule has 2 aromatic rings. The zero-order chi connectivity index (χ0) is 35.7. The highest BCUT2D eigenvalue weighted by atomic mass is 32.2. The summed E-state index contributed by atoms with van der Waals surface area (Å²) in [6.07, 6.45) is 4.86. The van der Waals surface area contributed by atoms with E-state index in [9.17, 15) is 33.0 Å². The summed E-state index contributed by atoms with van der Waals surface area (Å²) in [5, 5.41) is 13.8. The Morgan fingerprint density at radius 3 is 2.02 bits per heavy atom. The first-order valence-electron chi connectivity index (χ1n) is 16.4. The van der Waals surface area contributed by atoms with Crippen LogP contribution in [0.4, 0.5) is 0 Å². The van der Waals surface area contributed by atoms with Crippen LogP contribution in [-0.2, 0) is 30.0 Å². The molecule has 10 nitrogen and oxygen atoms in total. The van der Waals surface area contributed by atoms with Crippen molar-refractivity contribution in [3.63, 3.8) is 0 Å². The molecule has 47 heavy (non-hydrogen) atoms. The van der Waals surface area contributed by atoms with Crippen molar-refractivity contribution in [3.05, 3.63) is 59.2 Å². The molecule has 0 radical (unpaired) electrons. The number of unbranched alkanes of at least 4 members (excludes halogenated alkanes) is 3. The summed E-state index contributed by atoms with van der Waals surface area (Å²) < 4.78 is 13.0. The highest BCUT2D eigenvalue weighted by molar-refractivity contribution is 7.85. The molecule has 0 bridgehead atoms. The number of amides is 2. The van der Waals surface area contributed by atoms with E-state index in [0.717, 1.165) is 32.1 Å². The van der Waals surface area contributed by atoms with E-state index in [1.54, 1.807) is 36.4 Å². The van der Waals surface area contributed by atoms with E-state index in [0.29, 0.717) is 39.3 Å². The molecule has 0 spiro atoms. The lowest BCUT2D eigenvalue weighted by molar-refractivity contribution is -0.140. The van der Waals surface area contributed by atoms with Gasteiger partial charge in [-0.15, -0.1) is 0 Å². The molecule has 1 aliphatic rings. The zero-order valence-electron chi connectivity index (χ0n) is 28.6. The Kier molecular flexibility index (Phi) is 18.3. The standard InChI is InChI=1S/C23H25NO4S.C11H19NO4.C2H6/c1-4-5-9-18(25)21(14(2)3)24-23(27)15-11-12-17-20(13-15)29(28)19-10-7-6-8-16(19)22(17)26;1-3-4-5-6-10(14)12-9(8(2)13)7-11(15)16;1-2/h6-8,10-14,21H,4-5,9H2,1-3H3,(H,24,27);9H,3-7H2,1-2H3,(H,12,14)(H,15,16);1-2H3/t;9-;/m.0./s1. The zero-order valence-corrected chi connectivity index (χ0v) is 29.5. The molecule has 0 aromatic heterocycles. The Morgan fingerprint density at radius 1 is 0.830 bits per heavy atom. The molecule has 2 aromatic carbocycles. The average Bonchev–Trinajstić information content (AvgIpc) is 3.05. The minimum absolute atomic E-state index is 0.0147. The lowest BCUT2D eigenvalue weighted by Crippen LogP contribution is -2.44. The molecule has 2 unspecified atom stereocenters. The van der Waals surface area contributed by atoms with Gasteiger partial charge >= 0.3 is 5.97 Å². The predicted octanol–water partition coefficient (Wildman–Crippen LogP) is 6.05. The van der Waals surface area contributed by atoms with Crippen molar-refractivity contribution in [2.75, 3.05) is 0 Å². The normalized spacial score (nSPS) is 14.1. The van der Waals surface area contributed by atoms with Crippen LogP contribution in [0.3, 0.4) is 0 Å². The number of hydrogen-bond acceptors (Lipinski definition) is 7. The van der Waals surface area contributed by atoms with Crippen molar-refractivity contribution in [1.82, 2.24) is 10.6 Å². The summed E-state index contributed by atoms with van der Waals surface area (Å²) in [4.78, 5) is 71.7. The van der Waals surface area contributed by atoms with Gasteiger partial charge in [-0.1, -0.05) is 72.9 Å². The molecular weight excluding hydrogens is 620 g/mol. The number of carboxylic acids is 1. The van der Waals surface area contributed by atoms with Gasteiger partial charge in [-0.3, -0.25) is 28.8 Å². The van der Waals surface area contributed by atoms with Crippen molar-refractivity contribution in [2.24, 2.45) is 5.92 Å². The maximum atomic E-state index is 13.0. The summed E-state index contributed by atoms with van der Waals surface area (Å²) >= 11 is 0. The topological polar surface area (TPSA) is 164 Å². The quantitative estimate of drug-likeness (QED) is 0.165. The Bertz CT molecular complexity index is 1440. The second-order valence-corrected chi connectivity index (χ2v) is 12.8. The minimum atomic E-state index is -1.54. The van der Waals surface area contributed by atoms with Crippen molar-refractivity contribution < 1.29 is 38.1 Å². The Hall–Kier alpha value is -3.99. The van der Waals surface area contributed by atoms with Crippen LogP contribution in [0, 0.1) is 5.92 Å². The van der Waals surface area contributed by atoms with Gasteiger partial charge in [0.1, 0.15) is 0 Å². The Labute approximate surface area is 280 Å². The van der Waals surface area contributed by atoms with Crippen molar-refractivity contribution in [2.45, 2.75) is 122 Å². The fourth-order valence-corrected chi connectivity index (χ4v) is 6.10. The van der Waals surface area contributed by atoms with E-state index >= 15 is 0 Å². The van der Waals surface area contributed by atoms with E-state index < -0.39 is 34.8 Å². The third kappa shape index (κ3) is 12.6. The van der Waals surface area contributed by atoms with Crippen molar-refractivity contribution in [3.8, 4) is 0 Å². The largest absolute Gasteiger partial charge is 0.481 e. The van der Waals surface area contributed by atoms with Crippen LogP contribution < -0.4 is 10.6 Å². The number of aliphatic carboxylic acids is 1. The Balaban J connectivity index is 0.000000524. The predicted molar refractivity (Wildman–Crippen MR) is 182 cm³/mol. The Morgan fingerprint density at radius 2 is 1.45 bits per heavy atom. The second-order valence-electron chi connectivity index (χ2n) is 11.4. The lowest BCUT2D eigenvalue weighted by atomic mass is 9.95. The molecule has 0 saturated carbocycles. The fourth-order valence-electron chi connectivity index (χ4n) is 4.71. The van der Waals surface area contributed by atoms with Gasteiger partial charge in [-0.25, -0.2) is 4.21 Å². The number of carboxylic acid groups (broad SMARTS) is 1. The highest BCUT2D eigenvalue weighted by Gasteiger charge is 2.30. The third-order valence-corrected chi connectivity index (χ3v) is 8.80. The summed E-state index contributed by atoms with van der Waals surface area (Å²) in [6, 6.07) is 9.93. The number of Topliss-reactive ketones (excluding diaryl/α,β-unsaturated/α-hetero) is 2. The molecule has 258 valence electrons. The van der Waals surface area contributed by atoms with Crippen LogP contribution in [-0.4, -0.2) is 56.5 Å². The number of ketones is 3. The van der Waals surface area contributed by atoms with Gasteiger partial charge in [0.25, 0.3) is 5.91 Å². The maximum absolute atomic E-state index is 13.0. The first-order valence-corrected chi connectivity index (χ1v) is 17.5. The lowest BCUT2D eigenvalue weighted by Gasteiger charge is -2.22. The van der Waals surface area contributed by atoms with Gasteiger partial charge < -0.3 is 15.7 Å². The van der Waals surface area contributed by atoms with Gasteiger partial charge in [0, 0.05) is 29.5 Å². The molecule has 3 N–H and O–H groups in total. The van der Waals surface area contributed by atoms with Crippen LogP contribution in [0.15, 0.2) is 52.3 Å². The first-order chi connectivity index (χ1) is 22.3. The third-order valence-electron chi connectivity index (χ3n) is 7.31. The SMILES string of the molecule is CC.CCCCC(=O)C(NC(=O)c1ccc2c(c1)S(=O)c1ccccc1C2=O)C(C)C.CCCCCC(=O)N[C@@H](CC(=O)O)C(C)=O. The first kappa shape index (κ1) is 41.0. The van der Waals surface area contributed by atoms with Gasteiger partial charge in [0.2, 0.25) is 5.91 Å². The van der Waals surface area contributed by atoms with Crippen LogP contribution >= 0.6 is 0 Å². The summed E-state index contributed by atoms with van der Waals surface area (Å²) in [6.45, 7) is 13.1. The van der Waals surface area contributed by atoms with Crippen LogP contribution in [0.5, 0.6) is 0 Å². The number of nitrogens with one attached hydrogen (secondary N) is 2. The molecule has 3 rings (SSSR count). The fraction of sp³-hybridized carbons (Fsp3) is 0.500. The van der Waals surface area contributed by atoms with E-state index in [1.807, 2.05) is 41.5 Å².